The van der Waals surface area contributed by atoms with Crippen molar-refractivity contribution in [1.82, 2.24) is 20.0 Å². The molecule has 0 aliphatic heterocycles. The Hall–Kier alpha value is -3.36. The van der Waals surface area contributed by atoms with Crippen molar-refractivity contribution in [3.63, 3.8) is 0 Å². The number of carbonyl (C=O) groups is 1. The van der Waals surface area contributed by atoms with Crippen LogP contribution in [0.4, 0.5) is 16.5 Å². The summed E-state index contributed by atoms with van der Waals surface area (Å²) in [4.78, 5) is 12.0. The Morgan fingerprint density at radius 2 is 2.00 bits per heavy atom. The molecule has 0 fully saturated rings. The van der Waals surface area contributed by atoms with E-state index in [0.29, 0.717) is 18.0 Å². The van der Waals surface area contributed by atoms with Gasteiger partial charge in [-0.2, -0.15) is 5.10 Å². The van der Waals surface area contributed by atoms with E-state index in [1.165, 1.54) is 0 Å². The Kier molecular flexibility index (Phi) is 5.47. The standard InChI is InChI=1S/C17H20N6O3/c1-3-4-11-25-13-7-5-12(6-8-13)18-16(24)19-17-21-20-15(26-17)14-9-10-23(2)22-14/h5-10H,3-4,11H2,1-2H3,(H2,18,19,21,24). The molecule has 2 N–H and O–H groups in total. The number of urea groups is 1. The van der Waals surface area contributed by atoms with Gasteiger partial charge in [-0.05, 0) is 36.8 Å². The number of ether oxygens (including phenoxy) is 1. The lowest BCUT2D eigenvalue weighted by Crippen LogP contribution is -2.19. The van der Waals surface area contributed by atoms with Crippen molar-refractivity contribution >= 4 is 17.7 Å². The summed E-state index contributed by atoms with van der Waals surface area (Å²) in [6.07, 6.45) is 3.85. The third-order valence-electron chi connectivity index (χ3n) is 3.46. The van der Waals surface area contributed by atoms with E-state index in [-0.39, 0.29) is 11.9 Å². The second-order valence-electron chi connectivity index (χ2n) is 5.59. The van der Waals surface area contributed by atoms with Crippen molar-refractivity contribution in [2.24, 2.45) is 7.05 Å². The molecule has 9 nitrogen and oxygen atoms in total. The molecule has 0 unspecified atom stereocenters. The molecule has 0 aliphatic rings. The Labute approximate surface area is 150 Å². The van der Waals surface area contributed by atoms with Crippen LogP contribution in [0.2, 0.25) is 0 Å². The lowest BCUT2D eigenvalue weighted by Gasteiger charge is -2.07. The number of anilines is 2. The van der Waals surface area contributed by atoms with Crippen LogP contribution in [0.1, 0.15) is 19.8 Å². The molecular formula is C17H20N6O3. The molecule has 2 heterocycles. The van der Waals surface area contributed by atoms with Crippen LogP contribution in [0.5, 0.6) is 5.75 Å². The van der Waals surface area contributed by atoms with Gasteiger partial charge in [0.15, 0.2) is 0 Å². The van der Waals surface area contributed by atoms with Crippen LogP contribution >= 0.6 is 0 Å². The summed E-state index contributed by atoms with van der Waals surface area (Å²) in [5.41, 5.74) is 1.15. The number of hydrogen-bond acceptors (Lipinski definition) is 6. The van der Waals surface area contributed by atoms with E-state index in [1.807, 2.05) is 0 Å². The first kappa shape index (κ1) is 17.5. The molecule has 0 bridgehead atoms. The average molecular weight is 356 g/mol. The highest BCUT2D eigenvalue weighted by atomic mass is 16.5. The van der Waals surface area contributed by atoms with Crippen LogP contribution in [-0.2, 0) is 7.05 Å². The van der Waals surface area contributed by atoms with Gasteiger partial charge < -0.3 is 14.5 Å². The van der Waals surface area contributed by atoms with Crippen LogP contribution in [0.3, 0.4) is 0 Å². The van der Waals surface area contributed by atoms with Gasteiger partial charge in [-0.25, -0.2) is 4.79 Å². The number of amides is 2. The third-order valence-corrected chi connectivity index (χ3v) is 3.46. The van der Waals surface area contributed by atoms with Crippen molar-refractivity contribution in [3.8, 4) is 17.3 Å². The van der Waals surface area contributed by atoms with Gasteiger partial charge in [-0.1, -0.05) is 18.4 Å². The highest BCUT2D eigenvalue weighted by molar-refractivity contribution is 5.98. The zero-order valence-corrected chi connectivity index (χ0v) is 14.6. The summed E-state index contributed by atoms with van der Waals surface area (Å²) >= 11 is 0. The van der Waals surface area contributed by atoms with Crippen LogP contribution in [0, 0.1) is 0 Å². The van der Waals surface area contributed by atoms with Crippen LogP contribution in [0.25, 0.3) is 11.6 Å². The number of benzene rings is 1. The maximum absolute atomic E-state index is 12.0. The number of aromatic nitrogens is 4. The van der Waals surface area contributed by atoms with E-state index in [4.69, 9.17) is 9.15 Å². The average Bonchev–Trinajstić information content (AvgIpc) is 3.25. The molecule has 3 aromatic rings. The molecule has 136 valence electrons. The zero-order valence-electron chi connectivity index (χ0n) is 14.6. The van der Waals surface area contributed by atoms with E-state index in [0.717, 1.165) is 18.6 Å². The molecule has 1 aromatic carbocycles. The zero-order chi connectivity index (χ0) is 18.4. The third kappa shape index (κ3) is 4.59. The number of aryl methyl sites for hydroxylation is 1. The number of nitrogens with one attached hydrogen (secondary N) is 2. The van der Waals surface area contributed by atoms with Gasteiger partial charge in [0.05, 0.1) is 6.61 Å². The molecule has 0 saturated heterocycles. The Balaban J connectivity index is 1.53. The lowest BCUT2D eigenvalue weighted by molar-refractivity contribution is 0.261. The summed E-state index contributed by atoms with van der Waals surface area (Å²) < 4.78 is 12.6. The maximum atomic E-state index is 12.0. The topological polar surface area (TPSA) is 107 Å². The van der Waals surface area contributed by atoms with E-state index in [9.17, 15) is 4.79 Å². The van der Waals surface area contributed by atoms with Gasteiger partial charge in [-0.3, -0.25) is 10.00 Å². The lowest BCUT2D eigenvalue weighted by atomic mass is 10.3. The van der Waals surface area contributed by atoms with Gasteiger partial charge in [0.2, 0.25) is 0 Å². The van der Waals surface area contributed by atoms with Gasteiger partial charge >= 0.3 is 12.0 Å². The highest BCUT2D eigenvalue weighted by Crippen LogP contribution is 2.18. The Bertz CT molecular complexity index is 856. The first-order valence-corrected chi connectivity index (χ1v) is 8.28. The maximum Gasteiger partial charge on any atom is 0.327 e. The largest absolute Gasteiger partial charge is 0.494 e. The van der Waals surface area contributed by atoms with Crippen molar-refractivity contribution in [1.29, 1.82) is 0 Å². The van der Waals surface area contributed by atoms with E-state index in [1.54, 1.807) is 48.3 Å². The fourth-order valence-corrected chi connectivity index (χ4v) is 2.13. The van der Waals surface area contributed by atoms with Gasteiger partial charge in [0.25, 0.3) is 5.89 Å². The quantitative estimate of drug-likeness (QED) is 0.629. The van der Waals surface area contributed by atoms with Gasteiger partial charge in [0.1, 0.15) is 11.4 Å². The number of rotatable bonds is 7. The first-order chi connectivity index (χ1) is 12.6. The molecule has 9 heteroatoms. The van der Waals surface area contributed by atoms with E-state index < -0.39 is 6.03 Å². The van der Waals surface area contributed by atoms with Crippen LogP contribution in [0.15, 0.2) is 40.9 Å². The molecule has 0 radical (unpaired) electrons. The number of carbonyl (C=O) groups excluding carboxylic acids is 1. The Morgan fingerprint density at radius 3 is 2.69 bits per heavy atom. The molecule has 0 saturated carbocycles. The number of hydrogen-bond donors (Lipinski definition) is 2. The summed E-state index contributed by atoms with van der Waals surface area (Å²) in [5.74, 6) is 0.996. The summed E-state index contributed by atoms with van der Waals surface area (Å²) in [7, 11) is 1.78. The second-order valence-corrected chi connectivity index (χ2v) is 5.59. The van der Waals surface area contributed by atoms with Crippen LogP contribution in [-0.4, -0.2) is 32.6 Å². The normalized spacial score (nSPS) is 10.5. The Morgan fingerprint density at radius 1 is 1.19 bits per heavy atom. The minimum atomic E-state index is -0.485. The minimum Gasteiger partial charge on any atom is -0.494 e. The number of unbranched alkanes of at least 4 members (excludes halogenated alkanes) is 1. The van der Waals surface area contributed by atoms with E-state index >= 15 is 0 Å². The summed E-state index contributed by atoms with van der Waals surface area (Å²) in [6, 6.07) is 8.36. The van der Waals surface area contributed by atoms with Crippen molar-refractivity contribution < 1.29 is 13.9 Å². The fraction of sp³-hybridized carbons (Fsp3) is 0.294. The van der Waals surface area contributed by atoms with E-state index in [2.05, 4.69) is 32.9 Å². The smallest absolute Gasteiger partial charge is 0.327 e. The van der Waals surface area contributed by atoms with Crippen LogP contribution < -0.4 is 15.4 Å². The summed E-state index contributed by atoms with van der Waals surface area (Å²) in [5, 5.41) is 17.0. The first-order valence-electron chi connectivity index (χ1n) is 8.28. The van der Waals surface area contributed by atoms with Gasteiger partial charge in [0, 0.05) is 18.9 Å². The predicted octanol–water partition coefficient (Wildman–Crippen LogP) is 3.29. The molecule has 2 amide bonds. The molecular weight excluding hydrogens is 336 g/mol. The predicted molar refractivity (Wildman–Crippen MR) is 96.0 cm³/mol. The molecule has 0 atom stereocenters. The molecule has 2 aromatic heterocycles. The molecule has 26 heavy (non-hydrogen) atoms. The minimum absolute atomic E-state index is 0.0114. The number of nitrogens with zero attached hydrogens (tertiary/aromatic N) is 4. The molecule has 0 spiro atoms. The van der Waals surface area contributed by atoms with Crippen molar-refractivity contribution in [3.05, 3.63) is 36.5 Å². The summed E-state index contributed by atoms with van der Waals surface area (Å²) in [6.45, 7) is 2.79. The second kappa shape index (κ2) is 8.15. The molecule has 3 rings (SSSR count). The SMILES string of the molecule is CCCCOc1ccc(NC(=O)Nc2nnc(-c3ccn(C)n3)o2)cc1. The monoisotopic (exact) mass is 356 g/mol. The fourth-order valence-electron chi connectivity index (χ4n) is 2.13. The highest BCUT2D eigenvalue weighted by Gasteiger charge is 2.13. The van der Waals surface area contributed by atoms with Crippen molar-refractivity contribution in [2.45, 2.75) is 19.8 Å². The molecule has 0 aliphatic carbocycles. The van der Waals surface area contributed by atoms with Gasteiger partial charge in [-0.15, -0.1) is 5.10 Å². The van der Waals surface area contributed by atoms with Crippen molar-refractivity contribution in [2.75, 3.05) is 17.2 Å².